The Hall–Kier alpha value is -1.27. The largest absolute Gasteiger partial charge is 0.505 e. The fourth-order valence-corrected chi connectivity index (χ4v) is 3.73. The molecule has 21 heavy (non-hydrogen) atoms. The van der Waals surface area contributed by atoms with Crippen LogP contribution in [-0.4, -0.2) is 24.9 Å². The second-order valence-electron chi connectivity index (χ2n) is 4.48. The van der Waals surface area contributed by atoms with Crippen LogP contribution in [-0.2, 0) is 16.6 Å². The van der Waals surface area contributed by atoms with Crippen LogP contribution in [0.15, 0.2) is 47.4 Å². The minimum absolute atomic E-state index is 0.103. The topological polar surface area (TPSA) is 57.6 Å². The summed E-state index contributed by atoms with van der Waals surface area (Å²) in [4.78, 5) is -0.307. The number of phenols is 1. The second-order valence-corrected chi connectivity index (χ2v) is 7.34. The molecule has 4 nitrogen and oxygen atoms in total. The summed E-state index contributed by atoms with van der Waals surface area (Å²) < 4.78 is 26.1. The highest BCUT2D eigenvalue weighted by Crippen LogP contribution is 2.35. The first-order valence-corrected chi connectivity index (χ1v) is 8.20. The Morgan fingerprint density at radius 2 is 1.76 bits per heavy atom. The fourth-order valence-electron chi connectivity index (χ4n) is 1.83. The number of nitrogens with zero attached hydrogens (tertiary/aromatic N) is 1. The van der Waals surface area contributed by atoms with Crippen molar-refractivity contribution in [1.29, 1.82) is 0 Å². The molecule has 112 valence electrons. The van der Waals surface area contributed by atoms with Crippen LogP contribution >= 0.6 is 23.2 Å². The van der Waals surface area contributed by atoms with E-state index in [1.54, 1.807) is 0 Å². The highest BCUT2D eigenvalue weighted by molar-refractivity contribution is 7.89. The lowest BCUT2D eigenvalue weighted by Gasteiger charge is -2.18. The van der Waals surface area contributed by atoms with Crippen molar-refractivity contribution in [3.63, 3.8) is 0 Å². The van der Waals surface area contributed by atoms with Crippen molar-refractivity contribution in [2.45, 2.75) is 11.4 Å². The van der Waals surface area contributed by atoms with E-state index in [2.05, 4.69) is 0 Å². The molecule has 2 aromatic rings. The van der Waals surface area contributed by atoms with Gasteiger partial charge in [-0.25, -0.2) is 8.42 Å². The number of halogens is 2. The highest BCUT2D eigenvalue weighted by atomic mass is 35.5. The molecule has 0 aliphatic rings. The average Bonchev–Trinajstić information content (AvgIpc) is 2.43. The third-order valence-electron chi connectivity index (χ3n) is 2.93. The van der Waals surface area contributed by atoms with Gasteiger partial charge in [-0.15, -0.1) is 0 Å². The van der Waals surface area contributed by atoms with E-state index in [-0.39, 0.29) is 21.5 Å². The van der Waals surface area contributed by atoms with Crippen LogP contribution in [0.4, 0.5) is 0 Å². The van der Waals surface area contributed by atoms with E-state index in [0.29, 0.717) is 0 Å². The van der Waals surface area contributed by atoms with Crippen molar-refractivity contribution in [2.75, 3.05) is 7.05 Å². The van der Waals surface area contributed by atoms with E-state index in [1.807, 2.05) is 30.3 Å². The predicted molar refractivity (Wildman–Crippen MR) is 83.2 cm³/mol. The minimum atomic E-state index is -3.90. The summed E-state index contributed by atoms with van der Waals surface area (Å²) in [5, 5.41) is 9.92. The molecule has 1 N–H and O–H groups in total. The van der Waals surface area contributed by atoms with E-state index >= 15 is 0 Å². The zero-order valence-corrected chi connectivity index (χ0v) is 13.5. The van der Waals surface area contributed by atoms with Gasteiger partial charge in [-0.3, -0.25) is 0 Å². The molecule has 0 aliphatic carbocycles. The molecule has 0 aliphatic heterocycles. The average molecular weight is 346 g/mol. The molecule has 0 fully saturated rings. The van der Waals surface area contributed by atoms with E-state index in [1.165, 1.54) is 19.2 Å². The number of aromatic hydroxyl groups is 1. The summed E-state index contributed by atoms with van der Waals surface area (Å²) in [6.07, 6.45) is 0. The summed E-state index contributed by atoms with van der Waals surface area (Å²) in [7, 11) is -2.47. The Bertz CT molecular complexity index is 748. The number of hydrogen-bond acceptors (Lipinski definition) is 3. The standard InChI is InChI=1S/C14H13Cl2NO3S/c1-17(9-10-5-3-2-4-6-10)21(19,20)13-8-11(15)7-12(16)14(13)18/h2-8,18H,9H2,1H3. The molecule has 0 radical (unpaired) electrons. The smallest absolute Gasteiger partial charge is 0.246 e. The quantitative estimate of drug-likeness (QED) is 0.922. The second kappa shape index (κ2) is 6.23. The van der Waals surface area contributed by atoms with E-state index < -0.39 is 15.8 Å². The molecule has 0 spiro atoms. The van der Waals surface area contributed by atoms with Crippen LogP contribution in [0, 0.1) is 0 Å². The summed E-state index contributed by atoms with van der Waals surface area (Å²) in [5.74, 6) is -0.499. The molecule has 0 atom stereocenters. The van der Waals surface area contributed by atoms with Crippen LogP contribution in [0.2, 0.25) is 10.0 Å². The van der Waals surface area contributed by atoms with Crippen molar-refractivity contribution in [1.82, 2.24) is 4.31 Å². The normalized spacial score (nSPS) is 11.8. The summed E-state index contributed by atoms with van der Waals surface area (Å²) in [6.45, 7) is 0.173. The van der Waals surface area contributed by atoms with Crippen LogP contribution < -0.4 is 0 Å². The van der Waals surface area contributed by atoms with E-state index in [0.717, 1.165) is 9.87 Å². The number of hydrogen-bond donors (Lipinski definition) is 1. The van der Waals surface area contributed by atoms with E-state index in [9.17, 15) is 13.5 Å². The Balaban J connectivity index is 2.38. The zero-order valence-electron chi connectivity index (χ0n) is 11.1. The van der Waals surface area contributed by atoms with Crippen molar-refractivity contribution < 1.29 is 13.5 Å². The first-order valence-electron chi connectivity index (χ1n) is 6.00. The molecular weight excluding hydrogens is 333 g/mol. The molecule has 2 rings (SSSR count). The SMILES string of the molecule is CN(Cc1ccccc1)S(=O)(=O)c1cc(Cl)cc(Cl)c1O. The molecule has 0 heterocycles. The van der Waals surface area contributed by atoms with Crippen LogP contribution in [0.3, 0.4) is 0 Å². The lowest BCUT2D eigenvalue weighted by Crippen LogP contribution is -2.26. The summed E-state index contributed by atoms with van der Waals surface area (Å²) >= 11 is 11.6. The third-order valence-corrected chi connectivity index (χ3v) is 5.25. The Labute approximate surface area is 133 Å². The van der Waals surface area contributed by atoms with Gasteiger partial charge in [0.25, 0.3) is 0 Å². The first-order chi connectivity index (χ1) is 9.82. The number of sulfonamides is 1. The Morgan fingerprint density at radius 1 is 1.14 bits per heavy atom. The van der Waals surface area contributed by atoms with Gasteiger partial charge in [-0.05, 0) is 17.7 Å². The summed E-state index contributed by atoms with van der Waals surface area (Å²) in [5.41, 5.74) is 0.830. The van der Waals surface area contributed by atoms with Gasteiger partial charge >= 0.3 is 0 Å². The Morgan fingerprint density at radius 3 is 2.38 bits per heavy atom. The molecule has 2 aromatic carbocycles. The van der Waals surface area contributed by atoms with Gasteiger partial charge in [0, 0.05) is 18.6 Å². The van der Waals surface area contributed by atoms with Crippen molar-refractivity contribution in [3.8, 4) is 5.75 Å². The van der Waals surface area contributed by atoms with Crippen molar-refractivity contribution >= 4 is 33.2 Å². The van der Waals surface area contributed by atoms with Gasteiger partial charge in [0.15, 0.2) is 5.75 Å². The van der Waals surface area contributed by atoms with Crippen molar-refractivity contribution in [2.24, 2.45) is 0 Å². The highest BCUT2D eigenvalue weighted by Gasteiger charge is 2.26. The summed E-state index contributed by atoms with van der Waals surface area (Å²) in [6, 6.07) is 11.6. The van der Waals surface area contributed by atoms with Gasteiger partial charge in [0.1, 0.15) is 4.90 Å². The fraction of sp³-hybridized carbons (Fsp3) is 0.143. The number of benzene rings is 2. The molecule has 0 amide bonds. The maximum atomic E-state index is 12.5. The molecule has 0 bridgehead atoms. The lowest BCUT2D eigenvalue weighted by molar-refractivity contribution is 0.440. The van der Waals surface area contributed by atoms with Crippen LogP contribution in [0.1, 0.15) is 5.56 Å². The molecule has 0 aromatic heterocycles. The van der Waals surface area contributed by atoms with E-state index in [4.69, 9.17) is 23.2 Å². The number of rotatable bonds is 4. The minimum Gasteiger partial charge on any atom is -0.505 e. The third kappa shape index (κ3) is 3.49. The van der Waals surface area contributed by atoms with Gasteiger partial charge in [-0.2, -0.15) is 4.31 Å². The van der Waals surface area contributed by atoms with Crippen molar-refractivity contribution in [3.05, 3.63) is 58.1 Å². The predicted octanol–water partition coefficient (Wildman–Crippen LogP) is 3.52. The van der Waals surface area contributed by atoms with Gasteiger partial charge in [0.2, 0.25) is 10.0 Å². The lowest BCUT2D eigenvalue weighted by atomic mass is 10.2. The van der Waals surface area contributed by atoms with Gasteiger partial charge < -0.3 is 5.11 Å². The molecular formula is C14H13Cl2NO3S. The van der Waals surface area contributed by atoms with Crippen LogP contribution in [0.25, 0.3) is 0 Å². The molecule has 0 saturated carbocycles. The number of phenolic OH excluding ortho intramolecular Hbond substituents is 1. The Kier molecular flexibility index (Phi) is 4.78. The molecule has 0 unspecified atom stereocenters. The zero-order chi connectivity index (χ0) is 15.6. The van der Waals surface area contributed by atoms with Gasteiger partial charge in [-0.1, -0.05) is 53.5 Å². The monoisotopic (exact) mass is 345 g/mol. The first kappa shape index (κ1) is 16.1. The molecule has 7 heteroatoms. The molecule has 0 saturated heterocycles. The van der Waals surface area contributed by atoms with Gasteiger partial charge in [0.05, 0.1) is 5.02 Å². The van der Waals surface area contributed by atoms with Crippen LogP contribution in [0.5, 0.6) is 5.75 Å². The maximum Gasteiger partial charge on any atom is 0.246 e. The maximum absolute atomic E-state index is 12.5.